The minimum atomic E-state index is -0.411. The molecule has 0 radical (unpaired) electrons. The van der Waals surface area contributed by atoms with Gasteiger partial charge in [0.1, 0.15) is 0 Å². The summed E-state index contributed by atoms with van der Waals surface area (Å²) >= 11 is 3.85. The molecule has 2 heteroatoms. The maximum atomic E-state index is 3.85. The van der Waals surface area contributed by atoms with Crippen LogP contribution in [-0.2, 0) is 10.8 Å². The monoisotopic (exact) mass is 525 g/mol. The maximum absolute atomic E-state index is 3.85. The van der Waals surface area contributed by atoms with Crippen molar-refractivity contribution in [1.29, 1.82) is 0 Å². The van der Waals surface area contributed by atoms with Crippen molar-refractivity contribution in [2.24, 2.45) is 0 Å². The van der Waals surface area contributed by atoms with Crippen molar-refractivity contribution in [1.82, 2.24) is 4.57 Å². The highest BCUT2D eigenvalue weighted by Crippen LogP contribution is 2.60. The summed E-state index contributed by atoms with van der Waals surface area (Å²) in [5.74, 6) is 0. The van der Waals surface area contributed by atoms with Gasteiger partial charge in [-0.05, 0) is 57.6 Å². The van der Waals surface area contributed by atoms with Crippen molar-refractivity contribution >= 4 is 37.7 Å². The Balaban J connectivity index is 1.70. The summed E-state index contributed by atoms with van der Waals surface area (Å²) in [6, 6.07) is 40.8. The molecule has 0 fully saturated rings. The van der Waals surface area contributed by atoms with Gasteiger partial charge >= 0.3 is 0 Å². The molecular weight excluding hydrogens is 502 g/mol. The van der Waals surface area contributed by atoms with Gasteiger partial charge in [0.25, 0.3) is 0 Å². The highest BCUT2D eigenvalue weighted by Gasteiger charge is 2.52. The minimum absolute atomic E-state index is 0.106. The molecule has 0 saturated heterocycles. The van der Waals surface area contributed by atoms with Crippen LogP contribution in [-0.4, -0.2) is 4.57 Å². The van der Waals surface area contributed by atoms with Crippen molar-refractivity contribution in [3.63, 3.8) is 0 Å². The van der Waals surface area contributed by atoms with E-state index in [1.165, 1.54) is 60.9 Å². The summed E-state index contributed by atoms with van der Waals surface area (Å²) < 4.78 is 3.62. The van der Waals surface area contributed by atoms with Gasteiger partial charge in [-0.25, -0.2) is 0 Å². The van der Waals surface area contributed by atoms with E-state index in [2.05, 4.69) is 144 Å². The number of hydrogen-bond donors (Lipinski definition) is 0. The van der Waals surface area contributed by atoms with Gasteiger partial charge in [0, 0.05) is 20.7 Å². The minimum Gasteiger partial charge on any atom is -0.309 e. The predicted molar refractivity (Wildman–Crippen MR) is 152 cm³/mol. The van der Waals surface area contributed by atoms with Crippen LogP contribution in [0.25, 0.3) is 27.5 Å². The van der Waals surface area contributed by atoms with Crippen molar-refractivity contribution in [3.8, 4) is 5.69 Å². The molecule has 1 aromatic heterocycles. The van der Waals surface area contributed by atoms with Crippen LogP contribution in [0.2, 0.25) is 0 Å². The lowest BCUT2D eigenvalue weighted by molar-refractivity contribution is 0.556. The van der Waals surface area contributed by atoms with Gasteiger partial charge in [-0.3, -0.25) is 0 Å². The molecule has 36 heavy (non-hydrogen) atoms. The molecule has 1 unspecified atom stereocenters. The Bertz CT molecular complexity index is 1890. The fraction of sp³-hybridized carbons (Fsp3) is 0.118. The number of rotatable bonds is 0. The topological polar surface area (TPSA) is 4.93 Å². The van der Waals surface area contributed by atoms with Gasteiger partial charge in [0.05, 0.1) is 22.1 Å². The van der Waals surface area contributed by atoms with Gasteiger partial charge < -0.3 is 4.57 Å². The Morgan fingerprint density at radius 2 is 1.19 bits per heavy atom. The first kappa shape index (κ1) is 20.6. The molecule has 0 bridgehead atoms. The molecule has 5 aromatic carbocycles. The third kappa shape index (κ3) is 2.23. The lowest BCUT2D eigenvalue weighted by Crippen LogP contribution is -2.43. The van der Waals surface area contributed by atoms with E-state index in [9.17, 15) is 0 Å². The Morgan fingerprint density at radius 3 is 2.06 bits per heavy atom. The molecule has 1 spiro atoms. The predicted octanol–water partition coefficient (Wildman–Crippen LogP) is 8.88. The van der Waals surface area contributed by atoms with E-state index >= 15 is 0 Å². The average Bonchev–Trinajstić information content (AvgIpc) is 3.24. The largest absolute Gasteiger partial charge is 0.309 e. The zero-order chi connectivity index (χ0) is 24.2. The Kier molecular flexibility index (Phi) is 3.87. The number of benzene rings is 5. The number of fused-ring (bicyclic) bond motifs is 11. The number of halogens is 1. The van der Waals surface area contributed by atoms with E-state index in [-0.39, 0.29) is 5.41 Å². The molecule has 172 valence electrons. The van der Waals surface area contributed by atoms with E-state index in [0.29, 0.717) is 0 Å². The van der Waals surface area contributed by atoms with Crippen LogP contribution in [0.3, 0.4) is 0 Å². The fourth-order valence-corrected chi connectivity index (χ4v) is 7.66. The van der Waals surface area contributed by atoms with E-state index in [0.717, 1.165) is 4.47 Å². The smallest absolute Gasteiger partial charge is 0.0748 e. The molecular formula is C34H24BrN. The van der Waals surface area contributed by atoms with Crippen LogP contribution >= 0.6 is 15.9 Å². The second-order valence-corrected chi connectivity index (χ2v) is 11.6. The van der Waals surface area contributed by atoms with Gasteiger partial charge in [-0.2, -0.15) is 0 Å². The van der Waals surface area contributed by atoms with Crippen LogP contribution in [0.5, 0.6) is 0 Å². The third-order valence-electron chi connectivity index (χ3n) is 8.71. The standard InChI is InChI=1S/C34H24BrN/c1-33(2)24-12-4-5-13-26(24)34(29-20-21(35)18-19-25(29)33)27-14-6-8-17-31(27)36-30-16-7-3-10-22(30)23-11-9-15-28(34)32(23)36/h3-20H,1-2H3. The number of nitrogens with zero attached hydrogens (tertiary/aromatic N) is 1. The number of para-hydroxylation sites is 3. The van der Waals surface area contributed by atoms with Crippen LogP contribution in [0, 0.1) is 0 Å². The molecule has 2 aliphatic rings. The Labute approximate surface area is 219 Å². The number of aromatic nitrogens is 1. The molecule has 1 aliphatic carbocycles. The van der Waals surface area contributed by atoms with Crippen LogP contribution in [0.4, 0.5) is 0 Å². The summed E-state index contributed by atoms with van der Waals surface area (Å²) in [4.78, 5) is 0. The average molecular weight is 526 g/mol. The Hall–Kier alpha value is -3.62. The van der Waals surface area contributed by atoms with E-state index in [1.54, 1.807) is 0 Å². The molecule has 1 atom stereocenters. The van der Waals surface area contributed by atoms with Gasteiger partial charge in [-0.15, -0.1) is 0 Å². The van der Waals surface area contributed by atoms with Crippen LogP contribution in [0.1, 0.15) is 47.2 Å². The van der Waals surface area contributed by atoms with Gasteiger partial charge in [0.2, 0.25) is 0 Å². The second kappa shape index (κ2) is 6.78. The van der Waals surface area contributed by atoms with E-state index in [1.807, 2.05) is 0 Å². The lowest BCUT2D eigenvalue weighted by atomic mass is 9.53. The molecule has 8 rings (SSSR count). The summed E-state index contributed by atoms with van der Waals surface area (Å²) in [6.07, 6.45) is 0. The zero-order valence-electron chi connectivity index (χ0n) is 20.2. The quantitative estimate of drug-likeness (QED) is 0.186. The zero-order valence-corrected chi connectivity index (χ0v) is 21.8. The van der Waals surface area contributed by atoms with E-state index < -0.39 is 5.41 Å². The van der Waals surface area contributed by atoms with Crippen LogP contribution in [0.15, 0.2) is 114 Å². The molecule has 6 aromatic rings. The highest BCUT2D eigenvalue weighted by atomic mass is 79.9. The SMILES string of the molecule is CC1(C)c2ccccc2C2(c3ccccc3-n3c4ccccc4c4cccc2c43)c2cc(Br)ccc21. The van der Waals surface area contributed by atoms with Crippen molar-refractivity contribution in [3.05, 3.63) is 147 Å². The summed E-state index contributed by atoms with van der Waals surface area (Å²) in [6.45, 7) is 4.75. The first-order valence-corrected chi connectivity index (χ1v) is 13.4. The first-order valence-electron chi connectivity index (χ1n) is 12.6. The van der Waals surface area contributed by atoms with Crippen LogP contribution < -0.4 is 0 Å². The molecule has 0 amide bonds. The van der Waals surface area contributed by atoms with Gasteiger partial charge in [0.15, 0.2) is 0 Å². The fourth-order valence-electron chi connectivity index (χ4n) is 7.30. The highest BCUT2D eigenvalue weighted by molar-refractivity contribution is 9.10. The first-order chi connectivity index (χ1) is 17.5. The summed E-state index contributed by atoms with van der Waals surface area (Å²) in [5.41, 5.74) is 11.6. The van der Waals surface area contributed by atoms with Crippen molar-refractivity contribution < 1.29 is 0 Å². The second-order valence-electron chi connectivity index (χ2n) is 10.7. The Morgan fingerprint density at radius 1 is 0.556 bits per heavy atom. The van der Waals surface area contributed by atoms with Gasteiger partial charge in [-0.1, -0.05) is 115 Å². The molecule has 0 N–H and O–H groups in total. The van der Waals surface area contributed by atoms with Crippen molar-refractivity contribution in [2.75, 3.05) is 0 Å². The van der Waals surface area contributed by atoms with Crippen molar-refractivity contribution in [2.45, 2.75) is 24.7 Å². The molecule has 1 aliphatic heterocycles. The molecule has 1 nitrogen and oxygen atoms in total. The summed E-state index contributed by atoms with van der Waals surface area (Å²) in [5, 5.41) is 2.62. The summed E-state index contributed by atoms with van der Waals surface area (Å²) in [7, 11) is 0. The van der Waals surface area contributed by atoms with E-state index in [4.69, 9.17) is 0 Å². The lowest BCUT2D eigenvalue weighted by Gasteiger charge is -2.50. The number of hydrogen-bond acceptors (Lipinski definition) is 0. The normalized spacial score (nSPS) is 18.8. The molecule has 2 heterocycles. The molecule has 0 saturated carbocycles. The third-order valence-corrected chi connectivity index (χ3v) is 9.20. The maximum Gasteiger partial charge on any atom is 0.0748 e.